The second-order valence-corrected chi connectivity index (χ2v) is 4.17. The molecule has 1 heterocycles. The monoisotopic (exact) mass is 215 g/mol. The van der Waals surface area contributed by atoms with E-state index in [1.165, 1.54) is 4.90 Å². The molecule has 1 aliphatic heterocycles. The molecule has 2 unspecified atom stereocenters. The Balaban J connectivity index is 2.68. The molecule has 86 valence electrons. The Hall–Kier alpha value is -1.26. The highest BCUT2D eigenvalue weighted by molar-refractivity contribution is 5.81. The minimum Gasteiger partial charge on any atom is -0.480 e. The second kappa shape index (κ2) is 4.51. The number of aliphatic carboxylic acids is 1. The van der Waals surface area contributed by atoms with Crippen LogP contribution in [-0.2, 0) is 9.53 Å². The van der Waals surface area contributed by atoms with E-state index >= 15 is 0 Å². The topological polar surface area (TPSA) is 66.8 Å². The molecule has 1 N–H and O–H groups in total. The number of rotatable bonds is 2. The van der Waals surface area contributed by atoms with Crippen molar-refractivity contribution in [2.75, 3.05) is 6.54 Å². The van der Waals surface area contributed by atoms with Crippen molar-refractivity contribution in [1.82, 2.24) is 4.90 Å². The first-order chi connectivity index (χ1) is 6.93. The molecule has 1 amide bonds. The first kappa shape index (κ1) is 11.8. The predicted molar refractivity (Wildman–Crippen MR) is 53.5 cm³/mol. The maximum absolute atomic E-state index is 11.6. The van der Waals surface area contributed by atoms with Gasteiger partial charge in [0.25, 0.3) is 0 Å². The molecule has 0 saturated carbocycles. The summed E-state index contributed by atoms with van der Waals surface area (Å²) in [5.74, 6) is -0.970. The molecule has 0 aromatic carbocycles. The van der Waals surface area contributed by atoms with Crippen LogP contribution in [0.4, 0.5) is 4.79 Å². The Kier molecular flexibility index (Phi) is 3.55. The molecule has 15 heavy (non-hydrogen) atoms. The molecule has 2 atom stereocenters. The Morgan fingerprint density at radius 3 is 2.53 bits per heavy atom. The number of ether oxygens (including phenoxy) is 1. The maximum atomic E-state index is 11.6. The van der Waals surface area contributed by atoms with E-state index in [0.29, 0.717) is 13.0 Å². The Morgan fingerprint density at radius 2 is 2.07 bits per heavy atom. The van der Waals surface area contributed by atoms with E-state index in [0.717, 1.165) is 0 Å². The number of carbonyl (C=O) groups is 2. The highest BCUT2D eigenvalue weighted by atomic mass is 16.6. The van der Waals surface area contributed by atoms with Gasteiger partial charge in [0.15, 0.2) is 0 Å². The molecule has 0 aromatic heterocycles. The number of likely N-dealkylation sites (tertiary alicyclic amines) is 1. The Bertz CT molecular complexity index is 264. The maximum Gasteiger partial charge on any atom is 0.410 e. The Morgan fingerprint density at radius 1 is 1.47 bits per heavy atom. The van der Waals surface area contributed by atoms with E-state index in [1.807, 2.05) is 6.92 Å². The van der Waals surface area contributed by atoms with Crippen LogP contribution in [0.3, 0.4) is 0 Å². The summed E-state index contributed by atoms with van der Waals surface area (Å²) in [5, 5.41) is 8.99. The summed E-state index contributed by atoms with van der Waals surface area (Å²) >= 11 is 0. The number of carboxylic acids is 1. The Labute approximate surface area is 89.0 Å². The van der Waals surface area contributed by atoms with E-state index in [4.69, 9.17) is 9.84 Å². The van der Waals surface area contributed by atoms with Gasteiger partial charge in [-0.3, -0.25) is 4.90 Å². The zero-order chi connectivity index (χ0) is 11.6. The molecular weight excluding hydrogens is 198 g/mol. The average molecular weight is 215 g/mol. The standard InChI is InChI=1S/C10H17NO4/c1-6(2)15-10(14)11-5-4-7(3)8(11)9(12)13/h6-8H,4-5H2,1-3H3,(H,12,13). The normalized spacial score (nSPS) is 25.7. The fourth-order valence-corrected chi connectivity index (χ4v) is 1.80. The van der Waals surface area contributed by atoms with Crippen LogP contribution in [0, 0.1) is 5.92 Å². The zero-order valence-corrected chi connectivity index (χ0v) is 9.27. The van der Waals surface area contributed by atoms with Gasteiger partial charge in [-0.25, -0.2) is 9.59 Å². The molecule has 1 aliphatic rings. The molecule has 1 rings (SSSR count). The molecule has 1 fully saturated rings. The van der Waals surface area contributed by atoms with Crippen LogP contribution < -0.4 is 0 Å². The number of hydrogen-bond donors (Lipinski definition) is 1. The van der Waals surface area contributed by atoms with E-state index in [-0.39, 0.29) is 12.0 Å². The first-order valence-electron chi connectivity index (χ1n) is 5.13. The highest BCUT2D eigenvalue weighted by Gasteiger charge is 2.40. The van der Waals surface area contributed by atoms with Gasteiger partial charge in [-0.2, -0.15) is 0 Å². The van der Waals surface area contributed by atoms with Gasteiger partial charge in [0.2, 0.25) is 0 Å². The van der Waals surface area contributed by atoms with Gasteiger partial charge >= 0.3 is 12.1 Å². The fraction of sp³-hybridized carbons (Fsp3) is 0.800. The lowest BCUT2D eigenvalue weighted by Gasteiger charge is -2.23. The van der Waals surface area contributed by atoms with Crippen LogP contribution >= 0.6 is 0 Å². The quantitative estimate of drug-likeness (QED) is 0.754. The second-order valence-electron chi connectivity index (χ2n) is 4.17. The van der Waals surface area contributed by atoms with Crippen LogP contribution in [0.2, 0.25) is 0 Å². The van der Waals surface area contributed by atoms with Crippen LogP contribution in [-0.4, -0.2) is 40.8 Å². The van der Waals surface area contributed by atoms with Crippen molar-refractivity contribution >= 4 is 12.1 Å². The van der Waals surface area contributed by atoms with Crippen molar-refractivity contribution < 1.29 is 19.4 Å². The van der Waals surface area contributed by atoms with Crippen molar-refractivity contribution in [2.24, 2.45) is 5.92 Å². The lowest BCUT2D eigenvalue weighted by Crippen LogP contribution is -2.43. The van der Waals surface area contributed by atoms with Crippen molar-refractivity contribution in [1.29, 1.82) is 0 Å². The molecule has 5 nitrogen and oxygen atoms in total. The third-order valence-corrected chi connectivity index (χ3v) is 2.52. The van der Waals surface area contributed by atoms with Crippen molar-refractivity contribution in [3.8, 4) is 0 Å². The van der Waals surface area contributed by atoms with E-state index < -0.39 is 18.1 Å². The lowest BCUT2D eigenvalue weighted by molar-refractivity contribution is -0.142. The summed E-state index contributed by atoms with van der Waals surface area (Å²) < 4.78 is 4.99. The predicted octanol–water partition coefficient (Wildman–Crippen LogP) is 1.33. The van der Waals surface area contributed by atoms with Crippen LogP contribution in [0.1, 0.15) is 27.2 Å². The third kappa shape index (κ3) is 2.61. The third-order valence-electron chi connectivity index (χ3n) is 2.52. The summed E-state index contributed by atoms with van der Waals surface area (Å²) in [7, 11) is 0. The van der Waals surface area contributed by atoms with Gasteiger partial charge in [-0.1, -0.05) is 6.92 Å². The largest absolute Gasteiger partial charge is 0.480 e. The minimum absolute atomic E-state index is 0.0118. The summed E-state index contributed by atoms with van der Waals surface area (Å²) in [4.78, 5) is 23.8. The van der Waals surface area contributed by atoms with Crippen molar-refractivity contribution in [3.63, 3.8) is 0 Å². The molecule has 0 spiro atoms. The number of nitrogens with zero attached hydrogens (tertiary/aromatic N) is 1. The van der Waals surface area contributed by atoms with Crippen molar-refractivity contribution in [3.05, 3.63) is 0 Å². The summed E-state index contributed by atoms with van der Waals surface area (Å²) in [5.41, 5.74) is 0. The SMILES string of the molecule is CC(C)OC(=O)N1CCC(C)C1C(=O)O. The van der Waals surface area contributed by atoms with E-state index in [1.54, 1.807) is 13.8 Å². The van der Waals surface area contributed by atoms with E-state index in [2.05, 4.69) is 0 Å². The molecule has 0 aromatic rings. The fourth-order valence-electron chi connectivity index (χ4n) is 1.80. The summed E-state index contributed by atoms with van der Waals surface area (Å²) in [6.07, 6.45) is -0.0333. The van der Waals surface area contributed by atoms with Crippen LogP contribution in [0.25, 0.3) is 0 Å². The van der Waals surface area contributed by atoms with Crippen molar-refractivity contribution in [2.45, 2.75) is 39.3 Å². The van der Waals surface area contributed by atoms with Gasteiger partial charge in [0.05, 0.1) is 6.10 Å². The average Bonchev–Trinajstić information content (AvgIpc) is 2.45. The van der Waals surface area contributed by atoms with Crippen LogP contribution in [0.5, 0.6) is 0 Å². The number of amides is 1. The highest BCUT2D eigenvalue weighted by Crippen LogP contribution is 2.24. The van der Waals surface area contributed by atoms with Gasteiger partial charge in [0, 0.05) is 6.54 Å². The summed E-state index contributed by atoms with van der Waals surface area (Å²) in [6, 6.07) is -0.740. The number of carbonyl (C=O) groups excluding carboxylic acids is 1. The zero-order valence-electron chi connectivity index (χ0n) is 9.27. The van der Waals surface area contributed by atoms with Gasteiger partial charge < -0.3 is 9.84 Å². The van der Waals surface area contributed by atoms with Gasteiger partial charge in [-0.05, 0) is 26.2 Å². The van der Waals surface area contributed by atoms with Gasteiger partial charge in [-0.15, -0.1) is 0 Å². The molecule has 0 radical (unpaired) electrons. The molecule has 0 bridgehead atoms. The molecule has 5 heteroatoms. The van der Waals surface area contributed by atoms with Gasteiger partial charge in [0.1, 0.15) is 6.04 Å². The van der Waals surface area contributed by atoms with Crippen LogP contribution in [0.15, 0.2) is 0 Å². The van der Waals surface area contributed by atoms with E-state index in [9.17, 15) is 9.59 Å². The first-order valence-corrected chi connectivity index (χ1v) is 5.13. The summed E-state index contributed by atoms with van der Waals surface area (Å²) in [6.45, 7) is 5.78. The lowest BCUT2D eigenvalue weighted by atomic mass is 10.0. The molecule has 0 aliphatic carbocycles. The minimum atomic E-state index is -0.958. The molecule has 1 saturated heterocycles. The molecular formula is C10H17NO4. The smallest absolute Gasteiger partial charge is 0.410 e. The number of hydrogen-bond acceptors (Lipinski definition) is 3. The number of carboxylic acid groups (broad SMARTS) is 1.